The molecule has 0 saturated heterocycles. The summed E-state index contributed by atoms with van der Waals surface area (Å²) in [5.41, 5.74) is 0.497. The first kappa shape index (κ1) is 21.8. The zero-order valence-corrected chi connectivity index (χ0v) is 17.0. The molecule has 0 unspecified atom stereocenters. The number of nitrogens with zero attached hydrogens (tertiary/aromatic N) is 1. The lowest BCUT2D eigenvalue weighted by molar-refractivity contribution is -0.116. The molecule has 2 aromatic rings. The van der Waals surface area contributed by atoms with Gasteiger partial charge in [0, 0.05) is 12.2 Å². The number of sulfonamides is 2. The predicted molar refractivity (Wildman–Crippen MR) is 104 cm³/mol. The molecule has 0 spiro atoms. The van der Waals surface area contributed by atoms with Crippen LogP contribution in [-0.2, 0) is 24.8 Å². The fraction of sp³-hybridized carbons (Fsp3) is 0.235. The lowest BCUT2D eigenvalue weighted by atomic mass is 10.3. The number of carbonyl (C=O) groups excluding carboxylic acids is 1. The minimum absolute atomic E-state index is 0.0509. The summed E-state index contributed by atoms with van der Waals surface area (Å²) in [4.78, 5) is 11.9. The summed E-state index contributed by atoms with van der Waals surface area (Å²) in [6.07, 6.45) is 0. The van der Waals surface area contributed by atoms with E-state index in [9.17, 15) is 21.6 Å². The number of primary sulfonamides is 1. The van der Waals surface area contributed by atoms with Crippen LogP contribution in [0.3, 0.4) is 0 Å². The molecular formula is C17H21N3O6S2. The van der Waals surface area contributed by atoms with Gasteiger partial charge in [-0.3, -0.25) is 4.79 Å². The van der Waals surface area contributed by atoms with Gasteiger partial charge in [0.25, 0.3) is 0 Å². The van der Waals surface area contributed by atoms with Crippen LogP contribution in [0.5, 0.6) is 5.75 Å². The van der Waals surface area contributed by atoms with Gasteiger partial charge in [0.05, 0.1) is 23.4 Å². The van der Waals surface area contributed by atoms with Gasteiger partial charge in [0.1, 0.15) is 5.75 Å². The Morgan fingerprint density at radius 1 is 1.00 bits per heavy atom. The van der Waals surface area contributed by atoms with Gasteiger partial charge in [-0.25, -0.2) is 22.0 Å². The molecule has 0 heterocycles. The van der Waals surface area contributed by atoms with E-state index >= 15 is 0 Å². The van der Waals surface area contributed by atoms with Crippen LogP contribution in [0.2, 0.25) is 0 Å². The average molecular weight is 428 g/mol. The number of carbonyl (C=O) groups is 1. The second-order valence-electron chi connectivity index (χ2n) is 5.72. The summed E-state index contributed by atoms with van der Waals surface area (Å²) in [5.74, 6) is 0.107. The Balaban J connectivity index is 2.14. The third-order valence-electron chi connectivity index (χ3n) is 3.84. The molecule has 9 nitrogen and oxygen atoms in total. The maximum atomic E-state index is 12.7. The van der Waals surface area contributed by atoms with Crippen molar-refractivity contribution in [3.8, 4) is 5.75 Å². The van der Waals surface area contributed by atoms with Crippen molar-refractivity contribution in [1.29, 1.82) is 0 Å². The molecule has 11 heteroatoms. The van der Waals surface area contributed by atoms with Gasteiger partial charge in [-0.2, -0.15) is 4.31 Å². The maximum absolute atomic E-state index is 12.7. The van der Waals surface area contributed by atoms with Gasteiger partial charge in [-0.1, -0.05) is 6.92 Å². The van der Waals surface area contributed by atoms with Crippen LogP contribution >= 0.6 is 0 Å². The summed E-state index contributed by atoms with van der Waals surface area (Å²) in [6.45, 7) is 1.24. The number of ether oxygens (including phenoxy) is 1. The Kier molecular flexibility index (Phi) is 6.77. The van der Waals surface area contributed by atoms with E-state index in [1.54, 1.807) is 31.2 Å². The van der Waals surface area contributed by atoms with E-state index in [1.807, 2.05) is 0 Å². The highest BCUT2D eigenvalue weighted by Gasteiger charge is 2.25. The zero-order chi connectivity index (χ0) is 20.9. The van der Waals surface area contributed by atoms with Crippen LogP contribution in [0.25, 0.3) is 0 Å². The first-order valence-corrected chi connectivity index (χ1v) is 11.1. The van der Waals surface area contributed by atoms with Crippen molar-refractivity contribution in [2.24, 2.45) is 5.14 Å². The van der Waals surface area contributed by atoms with E-state index in [0.29, 0.717) is 11.4 Å². The number of benzene rings is 2. The van der Waals surface area contributed by atoms with Crippen LogP contribution in [0.1, 0.15) is 6.92 Å². The monoisotopic (exact) mass is 427 g/mol. The maximum Gasteiger partial charge on any atom is 0.243 e. The molecule has 0 bridgehead atoms. The van der Waals surface area contributed by atoms with E-state index in [1.165, 1.54) is 7.11 Å². The Morgan fingerprint density at radius 3 is 2.00 bits per heavy atom. The number of methoxy groups -OCH3 is 1. The van der Waals surface area contributed by atoms with E-state index in [-0.39, 0.29) is 16.3 Å². The first-order valence-electron chi connectivity index (χ1n) is 8.15. The molecule has 152 valence electrons. The molecular weight excluding hydrogens is 406 g/mol. The standard InChI is InChI=1S/C17H21N3O6S2/c1-3-20(12-17(21)19-13-4-6-14(26-2)7-5-13)28(24,25)16-10-8-15(9-11-16)27(18,22)23/h4-11H,3,12H2,1-2H3,(H,19,21)(H2,18,22,23). The summed E-state index contributed by atoms with van der Waals surface area (Å²) in [6, 6.07) is 11.1. The third kappa shape index (κ3) is 5.29. The molecule has 0 atom stereocenters. The summed E-state index contributed by atoms with van der Waals surface area (Å²) < 4.78 is 54.1. The number of likely N-dealkylation sites (N-methyl/N-ethyl adjacent to an activating group) is 1. The molecule has 28 heavy (non-hydrogen) atoms. The molecule has 3 N–H and O–H groups in total. The second-order valence-corrected chi connectivity index (χ2v) is 9.22. The number of hydrogen-bond donors (Lipinski definition) is 2. The fourth-order valence-corrected chi connectivity index (χ4v) is 4.27. The van der Waals surface area contributed by atoms with E-state index < -0.39 is 32.5 Å². The SMILES string of the molecule is CCN(CC(=O)Nc1ccc(OC)cc1)S(=O)(=O)c1ccc(S(N)(=O)=O)cc1. The normalized spacial score (nSPS) is 12.0. The van der Waals surface area contributed by atoms with E-state index in [2.05, 4.69) is 5.32 Å². The van der Waals surface area contributed by atoms with Crippen molar-refractivity contribution in [2.75, 3.05) is 25.5 Å². The van der Waals surface area contributed by atoms with Gasteiger partial charge < -0.3 is 10.1 Å². The van der Waals surface area contributed by atoms with E-state index in [0.717, 1.165) is 28.6 Å². The smallest absolute Gasteiger partial charge is 0.243 e. The second kappa shape index (κ2) is 8.69. The van der Waals surface area contributed by atoms with E-state index in [4.69, 9.17) is 9.88 Å². The molecule has 2 aromatic carbocycles. The Morgan fingerprint density at radius 2 is 1.54 bits per heavy atom. The number of amides is 1. The van der Waals surface area contributed by atoms with Gasteiger partial charge in [0.15, 0.2) is 0 Å². The zero-order valence-electron chi connectivity index (χ0n) is 15.3. The largest absolute Gasteiger partial charge is 0.497 e. The van der Waals surface area contributed by atoms with Crippen molar-refractivity contribution in [1.82, 2.24) is 4.31 Å². The van der Waals surface area contributed by atoms with Crippen LogP contribution < -0.4 is 15.2 Å². The number of hydrogen-bond acceptors (Lipinski definition) is 6. The van der Waals surface area contributed by atoms with Gasteiger partial charge in [-0.05, 0) is 48.5 Å². The average Bonchev–Trinajstić information content (AvgIpc) is 2.66. The van der Waals surface area contributed by atoms with Crippen LogP contribution in [0.15, 0.2) is 58.3 Å². The van der Waals surface area contributed by atoms with Crippen molar-refractivity contribution in [3.05, 3.63) is 48.5 Å². The fourth-order valence-electron chi connectivity index (χ4n) is 2.35. The minimum Gasteiger partial charge on any atom is -0.497 e. The van der Waals surface area contributed by atoms with Gasteiger partial charge >= 0.3 is 0 Å². The predicted octanol–water partition coefficient (Wildman–Crippen LogP) is 0.992. The Hall–Kier alpha value is -2.47. The summed E-state index contributed by atoms with van der Waals surface area (Å²) >= 11 is 0. The molecule has 0 aliphatic rings. The molecule has 0 aliphatic carbocycles. The van der Waals surface area contributed by atoms with Crippen LogP contribution in [0.4, 0.5) is 5.69 Å². The Labute approximate surface area is 164 Å². The van der Waals surface area contributed by atoms with Crippen molar-refractivity contribution in [3.63, 3.8) is 0 Å². The minimum atomic E-state index is -3.99. The molecule has 0 aliphatic heterocycles. The van der Waals surface area contributed by atoms with Crippen molar-refractivity contribution >= 4 is 31.6 Å². The first-order chi connectivity index (χ1) is 13.1. The highest BCUT2D eigenvalue weighted by molar-refractivity contribution is 7.89. The van der Waals surface area contributed by atoms with Gasteiger partial charge in [0.2, 0.25) is 26.0 Å². The summed E-state index contributed by atoms with van der Waals surface area (Å²) in [5, 5.41) is 7.63. The van der Waals surface area contributed by atoms with Crippen LogP contribution in [-0.4, -0.2) is 47.2 Å². The lowest BCUT2D eigenvalue weighted by Gasteiger charge is -2.20. The lowest BCUT2D eigenvalue weighted by Crippen LogP contribution is -2.37. The molecule has 1 amide bonds. The number of anilines is 1. The number of rotatable bonds is 8. The number of nitrogens with one attached hydrogen (secondary N) is 1. The molecule has 2 rings (SSSR count). The highest BCUT2D eigenvalue weighted by atomic mass is 32.2. The summed E-state index contributed by atoms with van der Waals surface area (Å²) in [7, 11) is -6.40. The molecule has 0 saturated carbocycles. The topological polar surface area (TPSA) is 136 Å². The third-order valence-corrected chi connectivity index (χ3v) is 6.70. The quantitative estimate of drug-likeness (QED) is 0.645. The van der Waals surface area contributed by atoms with Crippen LogP contribution in [0, 0.1) is 0 Å². The van der Waals surface area contributed by atoms with Crippen molar-refractivity contribution in [2.45, 2.75) is 16.7 Å². The highest BCUT2D eigenvalue weighted by Crippen LogP contribution is 2.19. The molecule has 0 fully saturated rings. The molecule has 0 radical (unpaired) electrons. The van der Waals surface area contributed by atoms with Gasteiger partial charge in [-0.15, -0.1) is 0 Å². The Bertz CT molecular complexity index is 1030. The number of nitrogens with two attached hydrogens (primary N) is 1. The molecule has 0 aromatic heterocycles. The van der Waals surface area contributed by atoms with Crippen molar-refractivity contribution < 1.29 is 26.4 Å².